The van der Waals surface area contributed by atoms with Crippen LogP contribution in [0.5, 0.6) is 5.75 Å². The van der Waals surface area contributed by atoms with E-state index in [1.807, 2.05) is 42.2 Å². The van der Waals surface area contributed by atoms with Crippen LogP contribution in [-0.4, -0.2) is 20.5 Å². The largest absolute Gasteiger partial charge is 0.508 e. The summed E-state index contributed by atoms with van der Waals surface area (Å²) in [5.41, 5.74) is 7.43. The van der Waals surface area contributed by atoms with E-state index in [9.17, 15) is 14.7 Å². The number of primary amides is 1. The summed E-state index contributed by atoms with van der Waals surface area (Å²) >= 11 is 1.27. The number of rotatable bonds is 4. The Labute approximate surface area is 165 Å². The second-order valence-electron chi connectivity index (χ2n) is 6.62. The highest BCUT2D eigenvalue weighted by atomic mass is 32.2. The second-order valence-corrected chi connectivity index (χ2v) is 7.69. The van der Waals surface area contributed by atoms with Gasteiger partial charge in [0.25, 0.3) is 11.5 Å². The number of benzene rings is 2. The van der Waals surface area contributed by atoms with Crippen LogP contribution in [0.1, 0.15) is 18.0 Å². The Morgan fingerprint density at radius 3 is 2.61 bits per heavy atom. The Bertz CT molecular complexity index is 1150. The molecule has 0 spiro atoms. The van der Waals surface area contributed by atoms with Crippen molar-refractivity contribution >= 4 is 28.6 Å². The van der Waals surface area contributed by atoms with E-state index in [1.165, 1.54) is 17.8 Å². The minimum absolute atomic E-state index is 0.130. The van der Waals surface area contributed by atoms with Gasteiger partial charge in [-0.25, -0.2) is 0 Å². The number of hydrogen-bond donors (Lipinski definition) is 2. The van der Waals surface area contributed by atoms with Gasteiger partial charge in [0.15, 0.2) is 5.50 Å². The molecular weight excluding hydrogens is 374 g/mol. The molecule has 0 aliphatic carbocycles. The number of carbonyl (C=O) groups excluding carboxylic acids is 1. The molecule has 0 saturated heterocycles. The lowest BCUT2D eigenvalue weighted by Gasteiger charge is -2.30. The van der Waals surface area contributed by atoms with Gasteiger partial charge in [0.05, 0.1) is 10.4 Å². The first-order valence-corrected chi connectivity index (χ1v) is 9.66. The molecule has 3 N–H and O–H groups in total. The van der Waals surface area contributed by atoms with Gasteiger partial charge >= 0.3 is 0 Å². The van der Waals surface area contributed by atoms with Crippen molar-refractivity contribution < 1.29 is 9.90 Å². The first-order valence-electron chi connectivity index (χ1n) is 8.78. The molecule has 4 rings (SSSR count). The van der Waals surface area contributed by atoms with Gasteiger partial charge in [-0.3, -0.25) is 14.2 Å². The Morgan fingerprint density at radius 2 is 1.89 bits per heavy atom. The van der Waals surface area contributed by atoms with Gasteiger partial charge < -0.3 is 15.7 Å². The summed E-state index contributed by atoms with van der Waals surface area (Å²) in [6, 6.07) is 17.9. The van der Waals surface area contributed by atoms with Crippen LogP contribution < -0.4 is 11.3 Å². The van der Waals surface area contributed by atoms with Crippen molar-refractivity contribution in [3.8, 4) is 5.75 Å². The summed E-state index contributed by atoms with van der Waals surface area (Å²) in [5, 5.41) is 10.5. The van der Waals surface area contributed by atoms with Crippen LogP contribution in [0.4, 0.5) is 0 Å². The van der Waals surface area contributed by atoms with Gasteiger partial charge in [-0.05, 0) is 36.8 Å². The number of nitrogens with zero attached hydrogens (tertiary/aromatic N) is 2. The van der Waals surface area contributed by atoms with E-state index in [4.69, 9.17) is 5.73 Å². The zero-order valence-corrected chi connectivity index (χ0v) is 16.0. The van der Waals surface area contributed by atoms with Crippen LogP contribution in [-0.2, 0) is 11.3 Å². The van der Waals surface area contributed by atoms with E-state index >= 15 is 0 Å². The fourth-order valence-corrected chi connectivity index (χ4v) is 4.74. The van der Waals surface area contributed by atoms with Crippen molar-refractivity contribution in [2.45, 2.75) is 19.0 Å². The van der Waals surface area contributed by atoms with Crippen LogP contribution in [0.15, 0.2) is 76.1 Å². The minimum atomic E-state index is -0.506. The first kappa shape index (κ1) is 18.2. The zero-order valence-electron chi connectivity index (χ0n) is 15.2. The average Bonchev–Trinajstić information content (AvgIpc) is 2.99. The monoisotopic (exact) mass is 393 g/mol. The SMILES string of the molecule is CC1=C(C(N)=O)SC(n2c(=O)ccc3cc(O)ccc32)N1Cc1ccccc1. The molecule has 0 saturated carbocycles. The summed E-state index contributed by atoms with van der Waals surface area (Å²) in [7, 11) is 0. The number of fused-ring (bicyclic) bond motifs is 1. The van der Waals surface area contributed by atoms with Gasteiger partial charge in [0, 0.05) is 23.7 Å². The third-order valence-corrected chi connectivity index (χ3v) is 6.21. The molecule has 0 bridgehead atoms. The maximum Gasteiger partial charge on any atom is 0.257 e. The molecule has 0 radical (unpaired) electrons. The van der Waals surface area contributed by atoms with Crippen LogP contribution in [0.3, 0.4) is 0 Å². The van der Waals surface area contributed by atoms with Crippen molar-refractivity contribution in [3.63, 3.8) is 0 Å². The van der Waals surface area contributed by atoms with Crippen molar-refractivity contribution in [3.05, 3.63) is 87.2 Å². The number of pyridine rings is 1. The number of thioether (sulfide) groups is 1. The fraction of sp³-hybridized carbons (Fsp3) is 0.143. The molecule has 1 aliphatic rings. The number of carbonyl (C=O) groups is 1. The normalized spacial score (nSPS) is 16.8. The summed E-state index contributed by atoms with van der Waals surface area (Å²) in [5.74, 6) is -0.376. The molecule has 142 valence electrons. The Balaban J connectivity index is 1.86. The zero-order chi connectivity index (χ0) is 19.8. The average molecular weight is 393 g/mol. The summed E-state index contributed by atoms with van der Waals surface area (Å²) in [6.45, 7) is 2.38. The number of amides is 1. The Hall–Kier alpha value is -3.19. The van der Waals surface area contributed by atoms with E-state index < -0.39 is 11.4 Å². The number of phenolic OH excluding ortho intramolecular Hbond substituents is 1. The van der Waals surface area contributed by atoms with E-state index in [0.717, 1.165) is 16.6 Å². The number of aromatic nitrogens is 1. The predicted octanol–water partition coefficient (Wildman–Crippen LogP) is 3.13. The molecule has 6 nitrogen and oxygen atoms in total. The molecule has 2 heterocycles. The van der Waals surface area contributed by atoms with Crippen LogP contribution in [0, 0.1) is 0 Å². The lowest BCUT2D eigenvalue weighted by Crippen LogP contribution is -2.32. The second kappa shape index (κ2) is 7.09. The minimum Gasteiger partial charge on any atom is -0.508 e. The molecule has 0 fully saturated rings. The van der Waals surface area contributed by atoms with Crippen molar-refractivity contribution in [1.82, 2.24) is 9.47 Å². The highest BCUT2D eigenvalue weighted by Gasteiger charge is 2.35. The first-order chi connectivity index (χ1) is 13.5. The van der Waals surface area contributed by atoms with Crippen molar-refractivity contribution in [1.29, 1.82) is 0 Å². The topological polar surface area (TPSA) is 88.6 Å². The van der Waals surface area contributed by atoms with Gasteiger partial charge in [0.1, 0.15) is 5.75 Å². The molecule has 3 aromatic rings. The maximum atomic E-state index is 12.8. The molecule has 1 amide bonds. The third kappa shape index (κ3) is 3.14. The Kier molecular flexibility index (Phi) is 4.60. The molecule has 1 unspecified atom stereocenters. The molecule has 7 heteroatoms. The molecular formula is C21H19N3O3S. The van der Waals surface area contributed by atoms with Crippen LogP contribution in [0.25, 0.3) is 10.9 Å². The fourth-order valence-electron chi connectivity index (χ4n) is 3.44. The Morgan fingerprint density at radius 1 is 1.14 bits per heavy atom. The van der Waals surface area contributed by atoms with Gasteiger partial charge in [-0.1, -0.05) is 42.1 Å². The smallest absolute Gasteiger partial charge is 0.257 e. The highest BCUT2D eigenvalue weighted by Crippen LogP contribution is 2.45. The number of allylic oxidation sites excluding steroid dienone is 1. The lowest BCUT2D eigenvalue weighted by molar-refractivity contribution is -0.114. The van der Waals surface area contributed by atoms with Crippen LogP contribution in [0.2, 0.25) is 0 Å². The highest BCUT2D eigenvalue weighted by molar-refractivity contribution is 8.04. The van der Waals surface area contributed by atoms with Gasteiger partial charge in [-0.15, -0.1) is 0 Å². The molecule has 1 aliphatic heterocycles. The summed E-state index contributed by atoms with van der Waals surface area (Å²) in [4.78, 5) is 27.2. The van der Waals surface area contributed by atoms with Gasteiger partial charge in [-0.2, -0.15) is 0 Å². The number of nitrogens with two attached hydrogens (primary N) is 1. The maximum absolute atomic E-state index is 12.8. The molecule has 1 aromatic heterocycles. The number of phenols is 1. The number of hydrogen-bond acceptors (Lipinski definition) is 5. The van der Waals surface area contributed by atoms with Crippen molar-refractivity contribution in [2.24, 2.45) is 5.73 Å². The summed E-state index contributed by atoms with van der Waals surface area (Å²) in [6.07, 6.45) is 0. The standard InChI is InChI=1S/C21H19N3O3S/c1-13-19(20(22)27)28-21(23(13)12-14-5-3-2-4-6-14)24-17-9-8-16(25)11-15(17)7-10-18(24)26/h2-11,21,25H,12H2,1H3,(H2,22,27). The number of aromatic hydroxyl groups is 1. The molecule has 2 aromatic carbocycles. The van der Waals surface area contributed by atoms with Crippen molar-refractivity contribution in [2.75, 3.05) is 0 Å². The molecule has 28 heavy (non-hydrogen) atoms. The summed E-state index contributed by atoms with van der Waals surface area (Å²) < 4.78 is 1.64. The molecule has 1 atom stereocenters. The van der Waals surface area contributed by atoms with E-state index in [0.29, 0.717) is 17.0 Å². The van der Waals surface area contributed by atoms with E-state index in [1.54, 1.807) is 28.8 Å². The van der Waals surface area contributed by atoms with Crippen LogP contribution >= 0.6 is 11.8 Å². The third-order valence-electron chi connectivity index (χ3n) is 4.80. The van der Waals surface area contributed by atoms with Gasteiger partial charge in [0.2, 0.25) is 0 Å². The quantitative estimate of drug-likeness (QED) is 0.711. The lowest BCUT2D eigenvalue weighted by atomic mass is 10.2. The van der Waals surface area contributed by atoms with E-state index in [2.05, 4.69) is 0 Å². The van der Waals surface area contributed by atoms with E-state index in [-0.39, 0.29) is 11.3 Å². The predicted molar refractivity (Wildman–Crippen MR) is 110 cm³/mol.